The van der Waals surface area contributed by atoms with Crippen molar-refractivity contribution < 1.29 is 18.3 Å². The van der Waals surface area contributed by atoms with Gasteiger partial charge in [-0.3, -0.25) is 0 Å². The molecule has 1 aromatic rings. The zero-order valence-electron chi connectivity index (χ0n) is 6.84. The predicted octanol–water partition coefficient (Wildman–Crippen LogP) is 3.19. The van der Waals surface area contributed by atoms with Crippen LogP contribution < -0.4 is 0 Å². The minimum Gasteiger partial charge on any atom is -0.425 e. The van der Waals surface area contributed by atoms with Crippen LogP contribution in [0.1, 0.15) is 10.4 Å². The van der Waals surface area contributed by atoms with Gasteiger partial charge in [-0.05, 0) is 46.9 Å². The Labute approximate surface area is 92.7 Å². The molecular weight excluding hydrogens is 305 g/mol. The van der Waals surface area contributed by atoms with E-state index >= 15 is 0 Å². The van der Waals surface area contributed by atoms with Gasteiger partial charge in [0.2, 0.25) is 0 Å². The molecule has 74 valence electrons. The lowest BCUT2D eigenvalue weighted by Gasteiger charge is -1.98. The number of esters is 1. The fraction of sp³-hybridized carbons (Fsp3) is 0. The maximum atomic E-state index is 11.6. The smallest absolute Gasteiger partial charge is 0.343 e. The molecule has 0 amide bonds. The Morgan fingerprint density at radius 3 is 2.36 bits per heavy atom. The van der Waals surface area contributed by atoms with Crippen LogP contribution in [-0.2, 0) is 4.74 Å². The fourth-order valence-electron chi connectivity index (χ4n) is 0.752. The molecule has 5 heteroatoms. The Morgan fingerprint density at radius 1 is 1.29 bits per heavy atom. The molecule has 0 N–H and O–H groups in total. The van der Waals surface area contributed by atoms with Gasteiger partial charge in [0.1, 0.15) is 0 Å². The molecule has 0 atom stereocenters. The predicted molar refractivity (Wildman–Crippen MR) is 54.9 cm³/mol. The molecule has 1 rings (SSSR count). The molecule has 0 aliphatic rings. The van der Waals surface area contributed by atoms with E-state index < -0.39 is 12.0 Å². The van der Waals surface area contributed by atoms with Crippen LogP contribution in [0.5, 0.6) is 0 Å². The third-order valence-corrected chi connectivity index (χ3v) is 2.05. The lowest BCUT2D eigenvalue weighted by Crippen LogP contribution is -2.00. The van der Waals surface area contributed by atoms with Gasteiger partial charge in [-0.2, -0.15) is 8.78 Å². The summed E-state index contributed by atoms with van der Waals surface area (Å²) < 4.78 is 28.2. The van der Waals surface area contributed by atoms with Crippen LogP contribution in [-0.4, -0.2) is 5.97 Å². The summed E-state index contributed by atoms with van der Waals surface area (Å²) in [7, 11) is 0. The summed E-state index contributed by atoms with van der Waals surface area (Å²) >= 11 is 2.07. The van der Waals surface area contributed by atoms with Crippen molar-refractivity contribution in [2.75, 3.05) is 0 Å². The number of hydrogen-bond donors (Lipinski definition) is 0. The van der Waals surface area contributed by atoms with Gasteiger partial charge in [0.05, 0.1) is 5.56 Å². The van der Waals surface area contributed by atoms with E-state index in [0.29, 0.717) is 0 Å². The zero-order chi connectivity index (χ0) is 10.6. The molecule has 1 aromatic carbocycles. The molecule has 0 aliphatic carbocycles. The van der Waals surface area contributed by atoms with Gasteiger partial charge >= 0.3 is 12.0 Å². The van der Waals surface area contributed by atoms with Crippen molar-refractivity contribution in [3.05, 3.63) is 45.7 Å². The Bertz CT molecular complexity index is 356. The first kappa shape index (κ1) is 11.1. The van der Waals surface area contributed by atoms with E-state index in [2.05, 4.69) is 27.3 Å². The van der Waals surface area contributed by atoms with Gasteiger partial charge in [0.15, 0.2) is 6.26 Å². The molecule has 0 radical (unpaired) electrons. The maximum Gasteiger partial charge on any atom is 0.343 e. The second-order valence-electron chi connectivity index (χ2n) is 2.32. The summed E-state index contributed by atoms with van der Waals surface area (Å²) in [6.45, 7) is 0. The number of ether oxygens (including phenoxy) is 1. The Kier molecular flexibility index (Phi) is 3.99. The minimum atomic E-state index is -2.04. The SMILES string of the molecule is O=C(OC=C(F)F)c1ccc(I)cc1. The van der Waals surface area contributed by atoms with Crippen LogP contribution in [0.15, 0.2) is 36.6 Å². The van der Waals surface area contributed by atoms with Crippen molar-refractivity contribution in [2.24, 2.45) is 0 Å². The summed E-state index contributed by atoms with van der Waals surface area (Å²) in [6.07, 6.45) is -1.91. The van der Waals surface area contributed by atoms with Gasteiger partial charge in [-0.1, -0.05) is 0 Å². The number of halogens is 3. The molecule has 0 spiro atoms. The van der Waals surface area contributed by atoms with Crippen molar-refractivity contribution in [2.45, 2.75) is 0 Å². The summed E-state index contributed by atoms with van der Waals surface area (Å²) in [4.78, 5) is 11.1. The topological polar surface area (TPSA) is 26.3 Å². The number of carbonyl (C=O) groups is 1. The molecular formula is C9H5F2IO2. The van der Waals surface area contributed by atoms with Crippen molar-refractivity contribution >= 4 is 28.6 Å². The second kappa shape index (κ2) is 5.04. The number of hydrogen-bond acceptors (Lipinski definition) is 2. The highest BCUT2D eigenvalue weighted by Gasteiger charge is 2.05. The van der Waals surface area contributed by atoms with Crippen LogP contribution in [0.4, 0.5) is 8.78 Å². The number of benzene rings is 1. The van der Waals surface area contributed by atoms with E-state index in [1.807, 2.05) is 0 Å². The van der Waals surface area contributed by atoms with Gasteiger partial charge in [0.25, 0.3) is 0 Å². The summed E-state index contributed by atoms with van der Waals surface area (Å²) in [5.41, 5.74) is 0.239. The first-order chi connectivity index (χ1) is 6.59. The average molecular weight is 310 g/mol. The Balaban J connectivity index is 2.70. The third-order valence-electron chi connectivity index (χ3n) is 1.33. The first-order valence-electron chi connectivity index (χ1n) is 3.57. The normalized spacial score (nSPS) is 9.36. The van der Waals surface area contributed by atoms with Crippen molar-refractivity contribution in [3.63, 3.8) is 0 Å². The molecule has 0 aromatic heterocycles. The summed E-state index contributed by atoms with van der Waals surface area (Å²) in [5, 5.41) is 0. The maximum absolute atomic E-state index is 11.6. The zero-order valence-corrected chi connectivity index (χ0v) is 8.99. The standard InChI is InChI=1S/C9H5F2IO2/c10-8(11)5-14-9(13)6-1-3-7(12)4-2-6/h1-5H. The van der Waals surface area contributed by atoms with Gasteiger partial charge in [-0.25, -0.2) is 4.79 Å². The first-order valence-corrected chi connectivity index (χ1v) is 4.65. The Morgan fingerprint density at radius 2 is 1.86 bits per heavy atom. The molecule has 0 saturated carbocycles. The Hall–Kier alpha value is -0.980. The summed E-state index contributed by atoms with van der Waals surface area (Å²) in [6, 6.07) is 6.39. The van der Waals surface area contributed by atoms with E-state index in [1.165, 1.54) is 12.1 Å². The van der Waals surface area contributed by atoms with E-state index in [1.54, 1.807) is 12.1 Å². The van der Waals surface area contributed by atoms with Crippen LogP contribution in [0.25, 0.3) is 0 Å². The molecule has 0 aliphatic heterocycles. The van der Waals surface area contributed by atoms with Crippen LogP contribution in [0.3, 0.4) is 0 Å². The van der Waals surface area contributed by atoms with Crippen LogP contribution in [0.2, 0.25) is 0 Å². The molecule has 0 saturated heterocycles. The molecule has 0 unspecified atom stereocenters. The summed E-state index contributed by atoms with van der Waals surface area (Å²) in [5.74, 6) is -0.797. The molecule has 14 heavy (non-hydrogen) atoms. The van der Waals surface area contributed by atoms with Gasteiger partial charge in [0, 0.05) is 3.57 Å². The van der Waals surface area contributed by atoms with Gasteiger partial charge < -0.3 is 4.74 Å². The average Bonchev–Trinajstić information content (AvgIpc) is 2.15. The highest BCUT2D eigenvalue weighted by Crippen LogP contribution is 2.08. The quantitative estimate of drug-likeness (QED) is 0.476. The molecule has 0 bridgehead atoms. The van der Waals surface area contributed by atoms with Crippen molar-refractivity contribution in [3.8, 4) is 0 Å². The fourth-order valence-corrected chi connectivity index (χ4v) is 1.11. The van der Waals surface area contributed by atoms with Gasteiger partial charge in [-0.15, -0.1) is 0 Å². The van der Waals surface area contributed by atoms with Crippen molar-refractivity contribution in [1.29, 1.82) is 0 Å². The highest BCUT2D eigenvalue weighted by molar-refractivity contribution is 14.1. The minimum absolute atomic E-state index is 0.125. The number of carbonyl (C=O) groups excluding carboxylic acids is 1. The van der Waals surface area contributed by atoms with E-state index in [9.17, 15) is 13.6 Å². The number of rotatable bonds is 2. The highest BCUT2D eigenvalue weighted by atomic mass is 127. The van der Waals surface area contributed by atoms with Crippen molar-refractivity contribution in [1.82, 2.24) is 0 Å². The van der Waals surface area contributed by atoms with Crippen LogP contribution in [0, 0.1) is 3.57 Å². The van der Waals surface area contributed by atoms with E-state index in [0.717, 1.165) is 3.57 Å². The molecule has 2 nitrogen and oxygen atoms in total. The lowest BCUT2D eigenvalue weighted by molar-refractivity contribution is 0.0648. The monoisotopic (exact) mass is 310 g/mol. The van der Waals surface area contributed by atoms with E-state index in [4.69, 9.17) is 0 Å². The second-order valence-corrected chi connectivity index (χ2v) is 3.57. The largest absolute Gasteiger partial charge is 0.425 e. The van der Waals surface area contributed by atoms with E-state index in [-0.39, 0.29) is 11.8 Å². The third kappa shape index (κ3) is 3.41. The lowest BCUT2D eigenvalue weighted by atomic mass is 10.2. The van der Waals surface area contributed by atoms with Crippen LogP contribution >= 0.6 is 22.6 Å². The molecule has 0 heterocycles. The molecule has 0 fully saturated rings.